The van der Waals surface area contributed by atoms with Crippen LogP contribution in [0.3, 0.4) is 0 Å². The van der Waals surface area contributed by atoms with Crippen LogP contribution in [0, 0.1) is 0 Å². The van der Waals surface area contributed by atoms with Gasteiger partial charge in [0.25, 0.3) is 0 Å². The summed E-state index contributed by atoms with van der Waals surface area (Å²) in [6, 6.07) is 0. The van der Waals surface area contributed by atoms with Crippen molar-refractivity contribution in [2.45, 2.75) is 71.6 Å². The first-order chi connectivity index (χ1) is 9.64. The molecule has 0 N–H and O–H groups in total. The van der Waals surface area contributed by atoms with Crippen LogP contribution in [0.2, 0.25) is 0 Å². The highest BCUT2D eigenvalue weighted by atomic mass is 16.5. The van der Waals surface area contributed by atoms with E-state index in [2.05, 4.69) is 0 Å². The minimum absolute atomic E-state index is 0.00531. The Morgan fingerprint density at radius 1 is 1.00 bits per heavy atom. The Hall–Kier alpha value is -1.58. The number of carbonyl (C=O) groups excluding carboxylic acids is 2. The molecule has 1 aliphatic rings. The van der Waals surface area contributed by atoms with Crippen LogP contribution in [0.25, 0.3) is 0 Å². The molecule has 21 heavy (non-hydrogen) atoms. The summed E-state index contributed by atoms with van der Waals surface area (Å²) in [7, 11) is 0. The fourth-order valence-corrected chi connectivity index (χ4v) is 3.43. The first-order valence-corrected chi connectivity index (χ1v) is 7.44. The first-order valence-electron chi connectivity index (χ1n) is 7.44. The van der Waals surface area contributed by atoms with Crippen LogP contribution in [0.4, 0.5) is 0 Å². The summed E-state index contributed by atoms with van der Waals surface area (Å²) in [5, 5.41) is 0. The fourth-order valence-electron chi connectivity index (χ4n) is 3.43. The third-order valence-corrected chi connectivity index (χ3v) is 3.78. The maximum Gasteiger partial charge on any atom is 0.330 e. The molecule has 0 spiro atoms. The Bertz CT molecular complexity index is 443. The van der Waals surface area contributed by atoms with Crippen molar-refractivity contribution >= 4 is 11.9 Å². The molecule has 1 heterocycles. The maximum absolute atomic E-state index is 12.4. The molecular weight excluding hydrogens is 266 g/mol. The number of amides is 1. The Labute approximate surface area is 127 Å². The number of carbonyl (C=O) groups is 2. The molecule has 0 atom stereocenters. The van der Waals surface area contributed by atoms with E-state index in [-0.39, 0.29) is 29.1 Å². The molecule has 4 heteroatoms. The smallest absolute Gasteiger partial charge is 0.330 e. The molecule has 1 rings (SSSR count). The molecule has 0 radical (unpaired) electrons. The molecule has 0 aromatic heterocycles. The van der Waals surface area contributed by atoms with Crippen LogP contribution in [0.1, 0.15) is 54.4 Å². The van der Waals surface area contributed by atoms with E-state index in [4.69, 9.17) is 4.74 Å². The number of nitrogens with zero attached hydrogens (tertiary/aromatic N) is 1. The Morgan fingerprint density at radius 2 is 1.48 bits per heavy atom. The van der Waals surface area contributed by atoms with Gasteiger partial charge in [-0.25, -0.2) is 4.79 Å². The SMILES string of the molecule is CC=CC(=O)OC1CC(C)(C)N(C(=O)C=CC)C(C)(C)C1. The summed E-state index contributed by atoms with van der Waals surface area (Å²) >= 11 is 0. The van der Waals surface area contributed by atoms with Gasteiger partial charge in [-0.3, -0.25) is 4.79 Å². The van der Waals surface area contributed by atoms with Crippen LogP contribution in [0.5, 0.6) is 0 Å². The van der Waals surface area contributed by atoms with E-state index in [1.54, 1.807) is 25.2 Å². The Kier molecular flexibility index (Phi) is 5.37. The fraction of sp³-hybridized carbons (Fsp3) is 0.647. The predicted molar refractivity (Wildman–Crippen MR) is 83.7 cm³/mol. The van der Waals surface area contributed by atoms with Gasteiger partial charge in [0.05, 0.1) is 0 Å². The largest absolute Gasteiger partial charge is 0.459 e. The summed E-state index contributed by atoms with van der Waals surface area (Å²) in [6.07, 6.45) is 7.56. The van der Waals surface area contributed by atoms with Gasteiger partial charge in [-0.05, 0) is 47.6 Å². The van der Waals surface area contributed by atoms with Crippen molar-refractivity contribution in [1.29, 1.82) is 0 Å². The van der Waals surface area contributed by atoms with Gasteiger partial charge in [-0.15, -0.1) is 0 Å². The molecule has 0 unspecified atom stereocenters. The molecule has 0 aromatic carbocycles. The number of ether oxygens (including phenoxy) is 1. The predicted octanol–water partition coefficient (Wildman–Crippen LogP) is 3.23. The average Bonchev–Trinajstić information content (AvgIpc) is 2.25. The lowest BCUT2D eigenvalue weighted by atomic mass is 9.78. The molecule has 1 amide bonds. The van der Waals surface area contributed by atoms with Crippen LogP contribution >= 0.6 is 0 Å². The highest BCUT2D eigenvalue weighted by Gasteiger charge is 2.48. The standard InChI is InChI=1S/C17H27NO3/c1-7-9-14(19)18-16(3,4)11-13(12-17(18,5)6)21-15(20)10-8-2/h7-10,13H,11-12H2,1-6H3. The van der Waals surface area contributed by atoms with Gasteiger partial charge in [0, 0.05) is 30.0 Å². The van der Waals surface area contributed by atoms with Crippen molar-refractivity contribution in [3.63, 3.8) is 0 Å². The van der Waals surface area contributed by atoms with E-state index in [1.807, 2.05) is 39.5 Å². The van der Waals surface area contributed by atoms with Crippen molar-refractivity contribution in [1.82, 2.24) is 4.90 Å². The second-order valence-electron chi connectivity index (χ2n) is 6.77. The first kappa shape index (κ1) is 17.5. The lowest BCUT2D eigenvalue weighted by molar-refractivity contribution is -0.161. The van der Waals surface area contributed by atoms with Crippen molar-refractivity contribution < 1.29 is 14.3 Å². The normalized spacial score (nSPS) is 21.9. The summed E-state index contributed by atoms with van der Waals surface area (Å²) in [6.45, 7) is 11.7. The van der Waals surface area contributed by atoms with Gasteiger partial charge in [-0.2, -0.15) is 0 Å². The van der Waals surface area contributed by atoms with Crippen LogP contribution in [-0.4, -0.2) is 34.0 Å². The summed E-state index contributed by atoms with van der Waals surface area (Å²) in [5.74, 6) is -0.312. The molecular formula is C17H27NO3. The molecule has 1 saturated heterocycles. The highest BCUT2D eigenvalue weighted by molar-refractivity contribution is 5.89. The van der Waals surface area contributed by atoms with E-state index < -0.39 is 0 Å². The van der Waals surface area contributed by atoms with Gasteiger partial charge in [0.15, 0.2) is 0 Å². The van der Waals surface area contributed by atoms with Crippen molar-refractivity contribution in [3.05, 3.63) is 24.3 Å². The highest BCUT2D eigenvalue weighted by Crippen LogP contribution is 2.39. The third kappa shape index (κ3) is 4.19. The number of allylic oxidation sites excluding steroid dienone is 2. The molecule has 0 bridgehead atoms. The van der Waals surface area contributed by atoms with Gasteiger partial charge in [0.2, 0.25) is 5.91 Å². The van der Waals surface area contributed by atoms with Gasteiger partial charge in [0.1, 0.15) is 6.10 Å². The lowest BCUT2D eigenvalue weighted by Gasteiger charge is -2.54. The minimum Gasteiger partial charge on any atom is -0.459 e. The zero-order chi connectivity index (χ0) is 16.3. The number of rotatable bonds is 3. The van der Waals surface area contributed by atoms with Crippen molar-refractivity contribution in [2.24, 2.45) is 0 Å². The molecule has 0 aromatic rings. The topological polar surface area (TPSA) is 46.6 Å². The van der Waals surface area contributed by atoms with Gasteiger partial charge >= 0.3 is 5.97 Å². The molecule has 118 valence electrons. The molecule has 4 nitrogen and oxygen atoms in total. The summed E-state index contributed by atoms with van der Waals surface area (Å²) in [4.78, 5) is 25.9. The van der Waals surface area contributed by atoms with E-state index in [9.17, 15) is 9.59 Å². The maximum atomic E-state index is 12.4. The van der Waals surface area contributed by atoms with E-state index in [0.717, 1.165) is 0 Å². The van der Waals surface area contributed by atoms with Crippen LogP contribution < -0.4 is 0 Å². The number of piperidine rings is 1. The molecule has 0 aliphatic carbocycles. The third-order valence-electron chi connectivity index (χ3n) is 3.78. The zero-order valence-electron chi connectivity index (χ0n) is 14.0. The lowest BCUT2D eigenvalue weighted by Crippen LogP contribution is -2.64. The molecule has 1 fully saturated rings. The Morgan fingerprint density at radius 3 is 1.90 bits per heavy atom. The van der Waals surface area contributed by atoms with Crippen LogP contribution in [0.15, 0.2) is 24.3 Å². The van der Waals surface area contributed by atoms with Crippen molar-refractivity contribution in [3.8, 4) is 0 Å². The monoisotopic (exact) mass is 293 g/mol. The molecule has 1 aliphatic heterocycles. The minimum atomic E-state index is -0.362. The second-order valence-corrected chi connectivity index (χ2v) is 6.77. The average molecular weight is 293 g/mol. The number of hydrogen-bond acceptors (Lipinski definition) is 3. The second kappa shape index (κ2) is 6.46. The van der Waals surface area contributed by atoms with Gasteiger partial charge < -0.3 is 9.64 Å². The molecule has 0 saturated carbocycles. The summed E-state index contributed by atoms with van der Waals surface area (Å²) < 4.78 is 5.51. The van der Waals surface area contributed by atoms with E-state index in [0.29, 0.717) is 12.8 Å². The van der Waals surface area contributed by atoms with Gasteiger partial charge in [-0.1, -0.05) is 12.2 Å². The summed E-state index contributed by atoms with van der Waals surface area (Å²) in [5.41, 5.74) is -0.724. The van der Waals surface area contributed by atoms with E-state index >= 15 is 0 Å². The number of hydrogen-bond donors (Lipinski definition) is 0. The van der Waals surface area contributed by atoms with Crippen molar-refractivity contribution in [2.75, 3.05) is 0 Å². The van der Waals surface area contributed by atoms with Crippen LogP contribution in [-0.2, 0) is 14.3 Å². The number of esters is 1. The Balaban J connectivity index is 2.97. The number of likely N-dealkylation sites (tertiary alicyclic amines) is 1. The zero-order valence-corrected chi connectivity index (χ0v) is 14.0. The van der Waals surface area contributed by atoms with E-state index in [1.165, 1.54) is 6.08 Å². The quantitative estimate of drug-likeness (QED) is 0.593.